The molecule has 2 aromatic carbocycles. The van der Waals surface area contributed by atoms with E-state index in [1.165, 1.54) is 23.7 Å². The van der Waals surface area contributed by atoms with Crippen LogP contribution in [-0.2, 0) is 6.42 Å². The molecular weight excluding hydrogens is 274 g/mol. The Morgan fingerprint density at radius 1 is 0.882 bits per heavy atom. The number of alkyl halides is 1. The van der Waals surface area contributed by atoms with Crippen LogP contribution in [0.25, 0.3) is 11.1 Å². The number of halogens is 1. The van der Waals surface area contributed by atoms with Crippen molar-refractivity contribution in [2.45, 2.75) is 6.42 Å². The highest BCUT2D eigenvalue weighted by Gasteiger charge is 2.02. The molecule has 1 nitrogen and oxygen atoms in total. The van der Waals surface area contributed by atoms with Gasteiger partial charge in [0, 0.05) is 5.33 Å². The Kier molecular flexibility index (Phi) is 6.60. The average Bonchev–Trinajstić information content (AvgIpc) is 2.43. The van der Waals surface area contributed by atoms with Crippen molar-refractivity contribution in [3.05, 3.63) is 60.2 Å². The Morgan fingerprint density at radius 3 is 2.12 bits per heavy atom. The average molecular weight is 292 g/mol. The number of aryl methyl sites for hydroxylation is 1. The molecule has 0 aliphatic carbocycles. The lowest BCUT2D eigenvalue weighted by atomic mass is 9.98. The third-order valence-corrected chi connectivity index (χ3v) is 2.86. The van der Waals surface area contributed by atoms with E-state index in [2.05, 4.69) is 76.3 Å². The maximum absolute atomic E-state index is 4.50. The van der Waals surface area contributed by atoms with Crippen LogP contribution in [-0.4, -0.2) is 12.4 Å². The number of benzene rings is 2. The number of hydrogen-bond donors (Lipinski definition) is 1. The molecule has 0 saturated carbocycles. The van der Waals surface area contributed by atoms with Gasteiger partial charge in [-0.25, -0.2) is 0 Å². The monoisotopic (exact) mass is 291 g/mol. The molecule has 0 atom stereocenters. The van der Waals surface area contributed by atoms with E-state index in [0.717, 1.165) is 11.8 Å². The van der Waals surface area contributed by atoms with Crippen LogP contribution in [0.4, 0.5) is 0 Å². The fourth-order valence-corrected chi connectivity index (χ4v) is 2.17. The quantitative estimate of drug-likeness (QED) is 0.854. The van der Waals surface area contributed by atoms with Gasteiger partial charge in [0.05, 0.1) is 0 Å². The molecule has 0 bridgehead atoms. The third kappa shape index (κ3) is 3.99. The molecule has 0 aliphatic heterocycles. The molecule has 0 saturated heterocycles. The van der Waals surface area contributed by atoms with Gasteiger partial charge in [0.2, 0.25) is 0 Å². The normalized spacial score (nSPS) is 9.35. The van der Waals surface area contributed by atoms with Gasteiger partial charge in [-0.3, -0.25) is 0 Å². The summed E-state index contributed by atoms with van der Waals surface area (Å²) in [6.45, 7) is 0. The Hall–Kier alpha value is -1.12. The molecule has 90 valence electrons. The molecule has 17 heavy (non-hydrogen) atoms. The van der Waals surface area contributed by atoms with Crippen molar-refractivity contribution < 1.29 is 0 Å². The number of nitrogens with two attached hydrogens (primary N) is 1. The van der Waals surface area contributed by atoms with E-state index in [-0.39, 0.29) is 0 Å². The topological polar surface area (TPSA) is 26.0 Å². The first-order chi connectivity index (χ1) is 8.42. The summed E-state index contributed by atoms with van der Waals surface area (Å²) in [4.78, 5) is 0. The van der Waals surface area contributed by atoms with Crippen molar-refractivity contribution in [3.8, 4) is 11.1 Å². The van der Waals surface area contributed by atoms with Crippen LogP contribution in [0.15, 0.2) is 54.6 Å². The molecule has 0 aromatic heterocycles. The molecule has 0 fully saturated rings. The second-order valence-electron chi connectivity index (χ2n) is 3.46. The molecule has 2 heteroatoms. The Morgan fingerprint density at radius 2 is 1.47 bits per heavy atom. The molecule has 0 radical (unpaired) electrons. The minimum Gasteiger partial charge on any atom is -0.333 e. The van der Waals surface area contributed by atoms with Gasteiger partial charge >= 0.3 is 0 Å². The van der Waals surface area contributed by atoms with Crippen LogP contribution < -0.4 is 5.73 Å². The van der Waals surface area contributed by atoms with Crippen molar-refractivity contribution in [3.63, 3.8) is 0 Å². The van der Waals surface area contributed by atoms with Crippen LogP contribution in [0, 0.1) is 0 Å². The van der Waals surface area contributed by atoms with E-state index in [0.29, 0.717) is 0 Å². The van der Waals surface area contributed by atoms with Gasteiger partial charge in [0.15, 0.2) is 0 Å². The van der Waals surface area contributed by atoms with E-state index in [9.17, 15) is 0 Å². The van der Waals surface area contributed by atoms with E-state index in [4.69, 9.17) is 0 Å². The first-order valence-electron chi connectivity index (χ1n) is 5.69. The largest absolute Gasteiger partial charge is 0.333 e. The summed E-state index contributed by atoms with van der Waals surface area (Å²) in [7, 11) is 1.50. The van der Waals surface area contributed by atoms with Gasteiger partial charge in [-0.1, -0.05) is 70.5 Å². The Bertz CT molecular complexity index is 426. The third-order valence-electron chi connectivity index (χ3n) is 2.47. The summed E-state index contributed by atoms with van der Waals surface area (Å²) < 4.78 is 0. The summed E-state index contributed by atoms with van der Waals surface area (Å²) >= 11 is 3.49. The van der Waals surface area contributed by atoms with E-state index in [1.807, 2.05) is 0 Å². The molecular formula is C15H18BrN. The Balaban J connectivity index is 0.000000686. The molecule has 2 N–H and O–H groups in total. The zero-order valence-electron chi connectivity index (χ0n) is 10.1. The van der Waals surface area contributed by atoms with E-state index in [1.54, 1.807) is 0 Å². The first kappa shape index (κ1) is 13.9. The first-order valence-corrected chi connectivity index (χ1v) is 6.81. The molecule has 0 aliphatic rings. The van der Waals surface area contributed by atoms with Gasteiger partial charge in [0.1, 0.15) is 0 Å². The fraction of sp³-hybridized carbons (Fsp3) is 0.200. The lowest BCUT2D eigenvalue weighted by Gasteiger charge is -2.07. The molecule has 2 rings (SSSR count). The summed E-state index contributed by atoms with van der Waals surface area (Å²) in [6.07, 6.45) is 1.07. The van der Waals surface area contributed by atoms with Crippen molar-refractivity contribution >= 4 is 15.9 Å². The number of rotatable bonds is 3. The molecule has 0 unspecified atom stereocenters. The molecule has 0 heterocycles. The molecule has 0 spiro atoms. The lowest BCUT2D eigenvalue weighted by molar-refractivity contribution is 1.17. The van der Waals surface area contributed by atoms with E-state index < -0.39 is 0 Å². The molecule has 0 amide bonds. The van der Waals surface area contributed by atoms with Crippen molar-refractivity contribution in [2.75, 3.05) is 12.4 Å². The minimum absolute atomic E-state index is 1.01. The van der Waals surface area contributed by atoms with Crippen LogP contribution >= 0.6 is 15.9 Å². The van der Waals surface area contributed by atoms with Crippen LogP contribution in [0.1, 0.15) is 5.56 Å². The van der Waals surface area contributed by atoms with Gasteiger partial charge < -0.3 is 5.73 Å². The highest BCUT2D eigenvalue weighted by Crippen LogP contribution is 2.23. The number of hydrogen-bond acceptors (Lipinski definition) is 1. The minimum atomic E-state index is 1.01. The summed E-state index contributed by atoms with van der Waals surface area (Å²) in [6, 6.07) is 19.1. The van der Waals surface area contributed by atoms with Crippen molar-refractivity contribution in [1.29, 1.82) is 0 Å². The smallest absolute Gasteiger partial charge is 0.00720 e. The van der Waals surface area contributed by atoms with Gasteiger partial charge in [-0.2, -0.15) is 0 Å². The second-order valence-corrected chi connectivity index (χ2v) is 4.26. The van der Waals surface area contributed by atoms with E-state index >= 15 is 0 Å². The SMILES string of the molecule is BrCCc1ccccc1-c1ccccc1.CN. The molecule has 2 aromatic rings. The maximum atomic E-state index is 4.50. The Labute approximate surface area is 112 Å². The van der Waals surface area contributed by atoms with Crippen LogP contribution in [0.3, 0.4) is 0 Å². The second kappa shape index (κ2) is 8.04. The highest BCUT2D eigenvalue weighted by atomic mass is 79.9. The van der Waals surface area contributed by atoms with Gasteiger partial charge in [-0.05, 0) is 30.2 Å². The maximum Gasteiger partial charge on any atom is 0.00720 e. The van der Waals surface area contributed by atoms with Gasteiger partial charge in [-0.15, -0.1) is 0 Å². The van der Waals surface area contributed by atoms with Crippen molar-refractivity contribution in [2.24, 2.45) is 5.73 Å². The van der Waals surface area contributed by atoms with Crippen LogP contribution in [0.5, 0.6) is 0 Å². The van der Waals surface area contributed by atoms with Crippen LogP contribution in [0.2, 0.25) is 0 Å². The fourth-order valence-electron chi connectivity index (χ4n) is 1.74. The predicted octanol–water partition coefficient (Wildman–Crippen LogP) is 3.87. The zero-order valence-corrected chi connectivity index (χ0v) is 11.7. The van der Waals surface area contributed by atoms with Gasteiger partial charge in [0.25, 0.3) is 0 Å². The zero-order chi connectivity index (χ0) is 12.5. The standard InChI is InChI=1S/C14H13Br.CH5N/c15-11-10-13-8-4-5-9-14(13)12-6-2-1-3-7-12;1-2/h1-9H,10-11H2;2H2,1H3. The predicted molar refractivity (Wildman–Crippen MR) is 79.5 cm³/mol. The summed E-state index contributed by atoms with van der Waals surface area (Å²) in [5, 5.41) is 1.01. The summed E-state index contributed by atoms with van der Waals surface area (Å²) in [5.74, 6) is 0. The lowest BCUT2D eigenvalue weighted by Crippen LogP contribution is -1.90. The summed E-state index contributed by atoms with van der Waals surface area (Å²) in [5.41, 5.74) is 8.55. The van der Waals surface area contributed by atoms with Crippen molar-refractivity contribution in [1.82, 2.24) is 0 Å². The highest BCUT2D eigenvalue weighted by molar-refractivity contribution is 9.09.